The lowest BCUT2D eigenvalue weighted by atomic mass is 10.0. The molecule has 0 amide bonds. The zero-order valence-corrected chi connectivity index (χ0v) is 69.0. The highest BCUT2D eigenvalue weighted by atomic mass is 16.7. The van der Waals surface area contributed by atoms with Crippen LogP contribution in [-0.2, 0) is 33.3 Å². The summed E-state index contributed by atoms with van der Waals surface area (Å²) in [5, 5.41) is 9.80. The Morgan fingerprint density at radius 1 is 0.301 bits per heavy atom. The summed E-state index contributed by atoms with van der Waals surface area (Å²) >= 11 is 0. The molecule has 0 saturated heterocycles. The first-order valence-electron chi connectivity index (χ1n) is 44.8. The molecule has 0 bridgehead atoms. The number of nitrogens with zero attached hydrogens (tertiary/aromatic N) is 1. The van der Waals surface area contributed by atoms with Crippen molar-refractivity contribution < 1.29 is 42.9 Å². The minimum absolute atomic E-state index is 0.177. The molecule has 600 valence electrons. The summed E-state index contributed by atoms with van der Waals surface area (Å²) in [7, 11) is 6.00. The van der Waals surface area contributed by atoms with Crippen LogP contribution in [0, 0.1) is 0 Å². The molecule has 0 radical (unpaired) electrons. The molecule has 0 aromatic rings. The molecule has 0 spiro atoms. The van der Waals surface area contributed by atoms with E-state index in [9.17, 15) is 19.5 Å². The van der Waals surface area contributed by atoms with Crippen LogP contribution in [0.15, 0.2) is 85.1 Å². The van der Waals surface area contributed by atoms with Gasteiger partial charge >= 0.3 is 17.9 Å². The Kier molecular flexibility index (Phi) is 81.2. The first-order chi connectivity index (χ1) is 50.6. The average Bonchev–Trinajstić information content (AvgIpc) is 0.985. The molecule has 9 nitrogen and oxygen atoms in total. The van der Waals surface area contributed by atoms with Crippen LogP contribution in [0.25, 0.3) is 0 Å². The maximum Gasteiger partial charge on any atom is 0.361 e. The minimum Gasteiger partial charge on any atom is -0.477 e. The Balaban J connectivity index is 3.91. The number of hydrogen-bond donors (Lipinski definition) is 1. The molecule has 0 saturated carbocycles. The van der Waals surface area contributed by atoms with Gasteiger partial charge in [-0.25, -0.2) is 4.79 Å². The molecular weight excluding hydrogens is 1270 g/mol. The second-order valence-electron chi connectivity index (χ2n) is 31.5. The van der Waals surface area contributed by atoms with E-state index in [1.54, 1.807) is 0 Å². The fraction of sp³-hybridized carbons (Fsp3) is 0.819. The summed E-state index contributed by atoms with van der Waals surface area (Å²) in [6.45, 7) is 4.82. The predicted octanol–water partition coefficient (Wildman–Crippen LogP) is 29.3. The maximum absolute atomic E-state index is 13.0. The van der Waals surface area contributed by atoms with Crippen molar-refractivity contribution in [3.8, 4) is 0 Å². The molecule has 0 rings (SSSR count). The van der Waals surface area contributed by atoms with E-state index in [0.29, 0.717) is 17.4 Å². The molecule has 0 aliphatic heterocycles. The van der Waals surface area contributed by atoms with Crippen molar-refractivity contribution in [2.24, 2.45) is 0 Å². The van der Waals surface area contributed by atoms with Gasteiger partial charge in [0.1, 0.15) is 13.2 Å². The number of ether oxygens (including phenoxy) is 4. The Morgan fingerprint density at radius 3 is 0.825 bits per heavy atom. The van der Waals surface area contributed by atoms with Crippen molar-refractivity contribution in [1.29, 1.82) is 0 Å². The normalized spacial score (nSPS) is 13.0. The number of quaternary nitrogens is 1. The highest BCUT2D eigenvalue weighted by molar-refractivity contribution is 5.71. The van der Waals surface area contributed by atoms with Crippen LogP contribution in [0.3, 0.4) is 0 Å². The van der Waals surface area contributed by atoms with Gasteiger partial charge in [0, 0.05) is 12.8 Å². The van der Waals surface area contributed by atoms with Gasteiger partial charge in [0.15, 0.2) is 6.10 Å². The number of hydrogen-bond acceptors (Lipinski definition) is 7. The standard InChI is InChI=1S/C94H171NO8/c1-6-8-10-12-14-16-18-20-22-24-26-28-30-32-34-36-38-40-42-44-46-48-50-52-54-56-58-60-62-64-66-68-70-72-74-76-78-80-82-84-91(96)101-88-90(89-102-94(93(98)99)100-87-86-95(3,4)5)103-92(97)85-83-81-79-77-75-73-71-69-67-65-63-61-59-57-55-53-51-49-47-45-43-41-39-37-35-33-31-29-27-25-23-21-19-17-15-13-11-9-7-2/h9,11,15,17-18,20-21,23-24,26-27,29,33,35,90,94H,6-8,10,12-14,16,19,22,25,28,30-32,34,36-89H2,1-5H3/p+1/b11-9-,17-15-,20-18-,23-21-,26-24-,29-27-,35-33-. The molecule has 0 fully saturated rings. The summed E-state index contributed by atoms with van der Waals surface area (Å²) in [4.78, 5) is 37.8. The predicted molar refractivity (Wildman–Crippen MR) is 447 cm³/mol. The van der Waals surface area contributed by atoms with Crippen molar-refractivity contribution in [2.45, 2.75) is 450 Å². The Hall–Kier alpha value is -3.53. The van der Waals surface area contributed by atoms with Crippen LogP contribution in [0.4, 0.5) is 0 Å². The van der Waals surface area contributed by atoms with E-state index in [1.807, 2.05) is 21.1 Å². The smallest absolute Gasteiger partial charge is 0.361 e. The van der Waals surface area contributed by atoms with Crippen molar-refractivity contribution in [3.63, 3.8) is 0 Å². The van der Waals surface area contributed by atoms with Crippen LogP contribution in [0.1, 0.15) is 438 Å². The van der Waals surface area contributed by atoms with Crippen molar-refractivity contribution in [2.75, 3.05) is 47.5 Å². The molecule has 0 aromatic heterocycles. The zero-order valence-electron chi connectivity index (χ0n) is 69.0. The molecule has 2 atom stereocenters. The van der Waals surface area contributed by atoms with Gasteiger partial charge in [0.05, 0.1) is 34.4 Å². The van der Waals surface area contributed by atoms with Crippen molar-refractivity contribution in [3.05, 3.63) is 85.1 Å². The van der Waals surface area contributed by atoms with E-state index in [2.05, 4.69) is 98.9 Å². The topological polar surface area (TPSA) is 108 Å². The number of carboxylic acids is 1. The second-order valence-corrected chi connectivity index (χ2v) is 31.5. The summed E-state index contributed by atoms with van der Waals surface area (Å²) in [6.07, 6.45) is 114. The maximum atomic E-state index is 13.0. The van der Waals surface area contributed by atoms with Gasteiger partial charge in [-0.1, -0.05) is 420 Å². The monoisotopic (exact) mass is 1440 g/mol. The first-order valence-corrected chi connectivity index (χ1v) is 44.8. The molecule has 9 heteroatoms. The van der Waals surface area contributed by atoms with E-state index >= 15 is 0 Å². The van der Waals surface area contributed by atoms with Gasteiger partial charge in [-0.15, -0.1) is 0 Å². The molecule has 0 aliphatic carbocycles. The fourth-order valence-corrected chi connectivity index (χ4v) is 13.4. The Morgan fingerprint density at radius 2 is 0.553 bits per heavy atom. The number of carbonyl (C=O) groups excluding carboxylic acids is 2. The van der Waals surface area contributed by atoms with Crippen LogP contribution < -0.4 is 0 Å². The second kappa shape index (κ2) is 84.1. The molecule has 0 aliphatic rings. The number of likely N-dealkylation sites (N-methyl/N-ethyl adjacent to an activating group) is 1. The molecular formula is C94H172NO8+. The van der Waals surface area contributed by atoms with E-state index in [1.165, 1.54) is 334 Å². The van der Waals surface area contributed by atoms with Gasteiger partial charge in [-0.05, 0) is 89.9 Å². The number of carbonyl (C=O) groups is 3. The van der Waals surface area contributed by atoms with E-state index in [-0.39, 0.29) is 38.2 Å². The van der Waals surface area contributed by atoms with Crippen molar-refractivity contribution in [1.82, 2.24) is 0 Å². The van der Waals surface area contributed by atoms with E-state index < -0.39 is 18.4 Å². The average molecular weight is 1440 g/mol. The van der Waals surface area contributed by atoms with Crippen LogP contribution in [-0.4, -0.2) is 87.4 Å². The van der Waals surface area contributed by atoms with E-state index in [0.717, 1.165) is 77.0 Å². The SMILES string of the molecule is CC/C=C\C/C=C\C/C=C\C/C=C\C/C=C\CCCCCCCCCCCCCCCCCCCCCCCCCC(=O)OC(COC(=O)CCCCCCCCCCCCCCCCCCCCCCCCCCCCC/C=C\C/C=C\CCCCCCC)COC(OCC[N+](C)(C)C)C(=O)O. The van der Waals surface area contributed by atoms with Gasteiger partial charge in [0.25, 0.3) is 6.29 Å². The summed E-state index contributed by atoms with van der Waals surface area (Å²) < 4.78 is 23.1. The molecule has 103 heavy (non-hydrogen) atoms. The van der Waals surface area contributed by atoms with Gasteiger partial charge < -0.3 is 28.5 Å². The molecule has 2 unspecified atom stereocenters. The summed E-state index contributed by atoms with van der Waals surface area (Å²) in [5.74, 6) is -1.97. The minimum atomic E-state index is -1.51. The largest absolute Gasteiger partial charge is 0.477 e. The van der Waals surface area contributed by atoms with Crippen LogP contribution in [0.5, 0.6) is 0 Å². The highest BCUT2D eigenvalue weighted by Gasteiger charge is 2.25. The highest BCUT2D eigenvalue weighted by Crippen LogP contribution is 2.20. The lowest BCUT2D eigenvalue weighted by Crippen LogP contribution is -2.40. The van der Waals surface area contributed by atoms with E-state index in [4.69, 9.17) is 18.9 Å². The number of esters is 2. The van der Waals surface area contributed by atoms with Crippen LogP contribution >= 0.6 is 0 Å². The molecule has 0 aromatic carbocycles. The Bertz CT molecular complexity index is 1980. The number of carboxylic acid groups (broad SMARTS) is 1. The fourth-order valence-electron chi connectivity index (χ4n) is 13.4. The summed E-state index contributed by atoms with van der Waals surface area (Å²) in [5.41, 5.74) is 0. The van der Waals surface area contributed by atoms with Crippen molar-refractivity contribution >= 4 is 17.9 Å². The number of allylic oxidation sites excluding steroid dienone is 14. The number of unbranched alkanes of at least 4 members (excludes halogenated alkanes) is 55. The summed E-state index contributed by atoms with van der Waals surface area (Å²) in [6, 6.07) is 0. The first kappa shape index (κ1) is 99.5. The third-order valence-electron chi connectivity index (χ3n) is 20.1. The number of aliphatic carboxylic acids is 1. The van der Waals surface area contributed by atoms with Gasteiger partial charge in [-0.3, -0.25) is 9.59 Å². The van der Waals surface area contributed by atoms with Gasteiger partial charge in [0.2, 0.25) is 0 Å². The van der Waals surface area contributed by atoms with Gasteiger partial charge in [-0.2, -0.15) is 0 Å². The lowest BCUT2D eigenvalue weighted by Gasteiger charge is -2.25. The Labute approximate surface area is 640 Å². The molecule has 1 N–H and O–H groups in total. The zero-order chi connectivity index (χ0) is 74.6. The lowest BCUT2D eigenvalue weighted by molar-refractivity contribution is -0.870. The molecule has 0 heterocycles. The number of rotatable bonds is 84. The van der Waals surface area contributed by atoms with Crippen LogP contribution in [0.2, 0.25) is 0 Å². The third-order valence-corrected chi connectivity index (χ3v) is 20.1. The quantitative estimate of drug-likeness (QED) is 0.0211. The third kappa shape index (κ3) is 85.6.